The summed E-state index contributed by atoms with van der Waals surface area (Å²) in [6.45, 7) is 6.18. The van der Waals surface area contributed by atoms with Crippen molar-refractivity contribution >= 4 is 17.1 Å². The topological polar surface area (TPSA) is 48.2 Å². The minimum atomic E-state index is -0.110. The normalized spacial score (nSPS) is 17.1. The van der Waals surface area contributed by atoms with E-state index in [2.05, 4.69) is 30.2 Å². The average Bonchev–Trinajstić information content (AvgIpc) is 2.19. The summed E-state index contributed by atoms with van der Waals surface area (Å²) in [5, 5.41) is 12.2. The van der Waals surface area contributed by atoms with Crippen molar-refractivity contribution in [2.75, 3.05) is 5.32 Å². The molecule has 0 atom stereocenters. The quantitative estimate of drug-likeness (QED) is 0.698. The first-order valence-corrected chi connectivity index (χ1v) is 4.91. The molecule has 0 saturated heterocycles. The third-order valence-electron chi connectivity index (χ3n) is 2.77. The first-order chi connectivity index (χ1) is 7.03. The number of hydrogen-bond donors (Lipinski definition) is 1. The monoisotopic (exact) mass is 199 g/mol. The van der Waals surface area contributed by atoms with Gasteiger partial charge in [-0.3, -0.25) is 4.99 Å². The molecule has 0 aliphatic carbocycles. The summed E-state index contributed by atoms with van der Waals surface area (Å²) in [5.41, 5.74) is 3.41. The molecule has 3 nitrogen and oxygen atoms in total. The van der Waals surface area contributed by atoms with Gasteiger partial charge in [-0.25, -0.2) is 0 Å². The highest BCUT2D eigenvalue weighted by molar-refractivity contribution is 5.99. The first kappa shape index (κ1) is 9.72. The molecule has 1 N–H and O–H groups in total. The molecule has 1 aromatic rings. The molecule has 0 radical (unpaired) electrons. The Balaban J connectivity index is 2.54. The fourth-order valence-corrected chi connectivity index (χ4v) is 1.55. The molecule has 0 amide bonds. The van der Waals surface area contributed by atoms with E-state index in [0.29, 0.717) is 5.56 Å². The largest absolute Gasteiger partial charge is 0.373 e. The van der Waals surface area contributed by atoms with E-state index in [9.17, 15) is 0 Å². The van der Waals surface area contributed by atoms with Crippen LogP contribution in [0.1, 0.15) is 26.3 Å². The van der Waals surface area contributed by atoms with Crippen molar-refractivity contribution in [2.24, 2.45) is 4.99 Å². The van der Waals surface area contributed by atoms with Crippen molar-refractivity contribution in [3.8, 4) is 6.07 Å². The van der Waals surface area contributed by atoms with E-state index in [0.717, 1.165) is 17.1 Å². The van der Waals surface area contributed by atoms with Gasteiger partial charge in [0.25, 0.3) is 0 Å². The van der Waals surface area contributed by atoms with Gasteiger partial charge in [0, 0.05) is 5.71 Å². The van der Waals surface area contributed by atoms with E-state index in [-0.39, 0.29) is 5.54 Å². The number of aliphatic imine (C=N–C) groups is 1. The number of nitrogens with one attached hydrogen (secondary N) is 1. The fourth-order valence-electron chi connectivity index (χ4n) is 1.55. The van der Waals surface area contributed by atoms with Crippen molar-refractivity contribution in [3.63, 3.8) is 0 Å². The minimum Gasteiger partial charge on any atom is -0.373 e. The van der Waals surface area contributed by atoms with Gasteiger partial charge in [0.1, 0.15) is 0 Å². The summed E-state index contributed by atoms with van der Waals surface area (Å²) in [7, 11) is 0. The van der Waals surface area contributed by atoms with Crippen LogP contribution in [-0.2, 0) is 0 Å². The molecule has 0 aromatic heterocycles. The maximum Gasteiger partial charge on any atom is 0.0992 e. The molecule has 1 aromatic carbocycles. The number of rotatable bonds is 0. The number of benzene rings is 1. The second kappa shape index (κ2) is 3.09. The highest BCUT2D eigenvalue weighted by Crippen LogP contribution is 2.33. The Labute approximate surface area is 89.5 Å². The van der Waals surface area contributed by atoms with Crippen molar-refractivity contribution in [2.45, 2.75) is 26.3 Å². The van der Waals surface area contributed by atoms with E-state index in [1.54, 1.807) is 12.1 Å². The Morgan fingerprint density at radius 1 is 1.40 bits per heavy atom. The van der Waals surface area contributed by atoms with E-state index in [1.807, 2.05) is 13.0 Å². The molecule has 1 aliphatic heterocycles. The molecular formula is C12H13N3. The molecule has 76 valence electrons. The Morgan fingerprint density at radius 2 is 2.13 bits per heavy atom. The minimum absolute atomic E-state index is 0.110. The van der Waals surface area contributed by atoms with Gasteiger partial charge in [-0.15, -0.1) is 0 Å². The zero-order valence-corrected chi connectivity index (χ0v) is 9.13. The third kappa shape index (κ3) is 1.59. The van der Waals surface area contributed by atoms with Crippen LogP contribution in [0, 0.1) is 11.3 Å². The molecule has 1 heterocycles. The van der Waals surface area contributed by atoms with Crippen LogP contribution in [0.25, 0.3) is 0 Å². The van der Waals surface area contributed by atoms with Crippen LogP contribution < -0.4 is 5.32 Å². The van der Waals surface area contributed by atoms with Crippen molar-refractivity contribution in [1.29, 1.82) is 5.26 Å². The van der Waals surface area contributed by atoms with Crippen LogP contribution in [0.15, 0.2) is 23.2 Å². The predicted octanol–water partition coefficient (Wildman–Crippen LogP) is 2.85. The second-order valence-electron chi connectivity index (χ2n) is 4.29. The number of nitrogens with zero attached hydrogens (tertiary/aromatic N) is 2. The standard InChI is InChI=1S/C12H13N3/c1-8-12(2,3)15-10-5-4-9(7-13)6-11(10)14-8/h4-6,15H,1-3H3. The smallest absolute Gasteiger partial charge is 0.0992 e. The Bertz CT molecular complexity index is 478. The molecule has 1 aliphatic rings. The second-order valence-corrected chi connectivity index (χ2v) is 4.29. The molecular weight excluding hydrogens is 186 g/mol. The van der Waals surface area contributed by atoms with Crippen LogP contribution in [0.4, 0.5) is 11.4 Å². The van der Waals surface area contributed by atoms with Gasteiger partial charge in [-0.1, -0.05) is 0 Å². The summed E-state index contributed by atoms with van der Waals surface area (Å²) >= 11 is 0. The molecule has 0 bridgehead atoms. The lowest BCUT2D eigenvalue weighted by molar-refractivity contribution is 0.747. The highest BCUT2D eigenvalue weighted by Gasteiger charge is 2.26. The first-order valence-electron chi connectivity index (χ1n) is 4.91. The summed E-state index contributed by atoms with van der Waals surface area (Å²) in [4.78, 5) is 4.51. The van der Waals surface area contributed by atoms with Gasteiger partial charge < -0.3 is 5.32 Å². The highest BCUT2D eigenvalue weighted by atomic mass is 15.0. The van der Waals surface area contributed by atoms with Crippen LogP contribution >= 0.6 is 0 Å². The molecule has 3 heteroatoms. The summed E-state index contributed by atoms with van der Waals surface area (Å²) in [6.07, 6.45) is 0. The molecule has 0 unspecified atom stereocenters. The lowest BCUT2D eigenvalue weighted by Crippen LogP contribution is -2.40. The van der Waals surface area contributed by atoms with Gasteiger partial charge >= 0.3 is 0 Å². The Hall–Kier alpha value is -1.82. The molecule has 0 spiro atoms. The van der Waals surface area contributed by atoms with Crippen LogP contribution in [0.5, 0.6) is 0 Å². The molecule has 0 saturated carbocycles. The van der Waals surface area contributed by atoms with E-state index in [1.165, 1.54) is 0 Å². The third-order valence-corrected chi connectivity index (χ3v) is 2.77. The fraction of sp³-hybridized carbons (Fsp3) is 0.333. The Morgan fingerprint density at radius 3 is 2.80 bits per heavy atom. The number of fused-ring (bicyclic) bond motifs is 1. The molecule has 2 rings (SSSR count). The zero-order valence-electron chi connectivity index (χ0n) is 9.13. The maximum absolute atomic E-state index is 8.79. The van der Waals surface area contributed by atoms with Gasteiger partial charge in [0.15, 0.2) is 0 Å². The number of hydrogen-bond acceptors (Lipinski definition) is 3. The van der Waals surface area contributed by atoms with E-state index < -0.39 is 0 Å². The van der Waals surface area contributed by atoms with Crippen molar-refractivity contribution in [1.82, 2.24) is 0 Å². The van der Waals surface area contributed by atoms with E-state index >= 15 is 0 Å². The summed E-state index contributed by atoms with van der Waals surface area (Å²) < 4.78 is 0. The summed E-state index contributed by atoms with van der Waals surface area (Å²) in [6, 6.07) is 7.63. The maximum atomic E-state index is 8.79. The van der Waals surface area contributed by atoms with Crippen LogP contribution in [0.3, 0.4) is 0 Å². The van der Waals surface area contributed by atoms with Gasteiger partial charge in [0.05, 0.1) is 28.5 Å². The van der Waals surface area contributed by atoms with E-state index in [4.69, 9.17) is 5.26 Å². The van der Waals surface area contributed by atoms with Crippen LogP contribution in [-0.4, -0.2) is 11.3 Å². The summed E-state index contributed by atoms with van der Waals surface area (Å²) in [5.74, 6) is 0. The molecule has 15 heavy (non-hydrogen) atoms. The number of nitriles is 1. The van der Waals surface area contributed by atoms with Gasteiger partial charge in [0.2, 0.25) is 0 Å². The van der Waals surface area contributed by atoms with Crippen molar-refractivity contribution < 1.29 is 0 Å². The molecule has 0 fully saturated rings. The SMILES string of the molecule is CC1=Nc2cc(C#N)ccc2NC1(C)C. The lowest BCUT2D eigenvalue weighted by atomic mass is 9.96. The lowest BCUT2D eigenvalue weighted by Gasteiger charge is -2.32. The van der Waals surface area contributed by atoms with Gasteiger partial charge in [-0.2, -0.15) is 5.26 Å². The van der Waals surface area contributed by atoms with Crippen molar-refractivity contribution in [3.05, 3.63) is 23.8 Å². The van der Waals surface area contributed by atoms with Gasteiger partial charge in [-0.05, 0) is 39.0 Å². The Kier molecular flexibility index (Phi) is 2.01. The zero-order chi connectivity index (χ0) is 11.1. The number of anilines is 1. The predicted molar refractivity (Wildman–Crippen MR) is 61.6 cm³/mol. The average molecular weight is 199 g/mol. The van der Waals surface area contributed by atoms with Crippen LogP contribution in [0.2, 0.25) is 0 Å².